The number of amides is 2. The average molecular weight is 316 g/mol. The Morgan fingerprint density at radius 3 is 2.48 bits per heavy atom. The predicted octanol–water partition coefficient (Wildman–Crippen LogP) is 2.22. The van der Waals surface area contributed by atoms with E-state index in [0.717, 1.165) is 0 Å². The number of hydrogen-bond donors (Lipinski definition) is 0. The zero-order valence-electron chi connectivity index (χ0n) is 14.2. The van der Waals surface area contributed by atoms with Crippen LogP contribution in [0, 0.1) is 5.92 Å². The Morgan fingerprint density at radius 2 is 1.87 bits per heavy atom. The topological polar surface area (TPSA) is 57.7 Å². The van der Waals surface area contributed by atoms with Crippen LogP contribution in [0.2, 0.25) is 0 Å². The molecule has 0 aliphatic carbocycles. The van der Waals surface area contributed by atoms with Crippen LogP contribution < -0.4 is 0 Å². The summed E-state index contributed by atoms with van der Waals surface area (Å²) in [4.78, 5) is 40.1. The van der Waals surface area contributed by atoms with E-state index in [9.17, 15) is 14.4 Å². The fourth-order valence-corrected chi connectivity index (χ4v) is 2.87. The summed E-state index contributed by atoms with van der Waals surface area (Å²) in [7, 11) is 0. The van der Waals surface area contributed by atoms with E-state index in [0.29, 0.717) is 36.7 Å². The summed E-state index contributed by atoms with van der Waals surface area (Å²) >= 11 is 0. The van der Waals surface area contributed by atoms with Crippen LogP contribution in [0.25, 0.3) is 0 Å². The predicted molar refractivity (Wildman–Crippen MR) is 88.4 cm³/mol. The van der Waals surface area contributed by atoms with E-state index in [-0.39, 0.29) is 17.6 Å². The summed E-state index contributed by atoms with van der Waals surface area (Å²) in [6.07, 6.45) is 0. The minimum absolute atomic E-state index is 0.0129. The van der Waals surface area contributed by atoms with Gasteiger partial charge in [0.1, 0.15) is 6.04 Å². The maximum atomic E-state index is 12.7. The van der Waals surface area contributed by atoms with Gasteiger partial charge in [-0.15, -0.1) is 0 Å². The number of ketones is 1. The highest BCUT2D eigenvalue weighted by atomic mass is 16.2. The van der Waals surface area contributed by atoms with Gasteiger partial charge in [-0.05, 0) is 31.9 Å². The van der Waals surface area contributed by atoms with Gasteiger partial charge in [0.15, 0.2) is 5.78 Å². The molecule has 1 heterocycles. The van der Waals surface area contributed by atoms with Crippen molar-refractivity contribution in [1.82, 2.24) is 9.80 Å². The van der Waals surface area contributed by atoms with Crippen LogP contribution in [-0.4, -0.2) is 53.1 Å². The van der Waals surface area contributed by atoms with Crippen molar-refractivity contribution in [3.63, 3.8) is 0 Å². The van der Waals surface area contributed by atoms with Crippen LogP contribution in [0.3, 0.4) is 0 Å². The molecule has 5 nitrogen and oxygen atoms in total. The Bertz CT molecular complexity index is 624. The van der Waals surface area contributed by atoms with Crippen LogP contribution in [0.4, 0.5) is 0 Å². The van der Waals surface area contributed by atoms with E-state index in [1.165, 1.54) is 6.92 Å². The van der Waals surface area contributed by atoms with E-state index in [1.54, 1.807) is 36.1 Å². The zero-order valence-corrected chi connectivity index (χ0v) is 14.2. The first-order valence-corrected chi connectivity index (χ1v) is 8.02. The molecule has 1 aromatic rings. The van der Waals surface area contributed by atoms with Gasteiger partial charge >= 0.3 is 0 Å². The SMILES string of the molecule is CC(=O)c1cccc(C(=O)N2CCN(CC(C)C)C(=O)[C@@H]2C)c1. The lowest BCUT2D eigenvalue weighted by atomic mass is 10.0. The van der Waals surface area contributed by atoms with Crippen molar-refractivity contribution in [3.8, 4) is 0 Å². The smallest absolute Gasteiger partial charge is 0.254 e. The minimum atomic E-state index is -0.476. The quantitative estimate of drug-likeness (QED) is 0.800. The lowest BCUT2D eigenvalue weighted by Crippen LogP contribution is -2.58. The summed E-state index contributed by atoms with van der Waals surface area (Å²) in [5, 5.41) is 0. The highest BCUT2D eigenvalue weighted by Gasteiger charge is 2.34. The van der Waals surface area contributed by atoms with E-state index in [4.69, 9.17) is 0 Å². The Kier molecular flexibility index (Phi) is 5.19. The molecule has 1 atom stereocenters. The zero-order chi connectivity index (χ0) is 17.1. The second-order valence-electron chi connectivity index (χ2n) is 6.49. The second-order valence-corrected chi connectivity index (χ2v) is 6.49. The number of carbonyl (C=O) groups is 3. The molecular weight excluding hydrogens is 292 g/mol. The number of benzene rings is 1. The molecule has 0 saturated carbocycles. The van der Waals surface area contributed by atoms with Crippen LogP contribution in [0.15, 0.2) is 24.3 Å². The van der Waals surface area contributed by atoms with Gasteiger partial charge in [-0.25, -0.2) is 0 Å². The van der Waals surface area contributed by atoms with Crippen molar-refractivity contribution >= 4 is 17.6 Å². The van der Waals surface area contributed by atoms with Gasteiger partial charge in [0.25, 0.3) is 5.91 Å². The van der Waals surface area contributed by atoms with Gasteiger partial charge < -0.3 is 9.80 Å². The fraction of sp³-hybridized carbons (Fsp3) is 0.500. The summed E-state index contributed by atoms with van der Waals surface area (Å²) in [6, 6.07) is 6.20. The minimum Gasteiger partial charge on any atom is -0.339 e. The number of carbonyl (C=O) groups excluding carboxylic acids is 3. The molecule has 1 aliphatic rings. The molecule has 1 fully saturated rings. The van der Waals surface area contributed by atoms with Gasteiger partial charge in [-0.3, -0.25) is 14.4 Å². The summed E-state index contributed by atoms with van der Waals surface area (Å²) < 4.78 is 0. The Balaban J connectivity index is 2.16. The van der Waals surface area contributed by atoms with Crippen LogP contribution in [0.1, 0.15) is 48.4 Å². The number of nitrogens with zero attached hydrogens (tertiary/aromatic N) is 2. The van der Waals surface area contributed by atoms with E-state index in [1.807, 2.05) is 4.90 Å². The summed E-state index contributed by atoms with van der Waals surface area (Å²) in [5.41, 5.74) is 0.961. The highest BCUT2D eigenvalue weighted by molar-refractivity contribution is 6.01. The van der Waals surface area contributed by atoms with Crippen molar-refractivity contribution in [2.24, 2.45) is 5.92 Å². The van der Waals surface area contributed by atoms with E-state index >= 15 is 0 Å². The van der Waals surface area contributed by atoms with Crippen molar-refractivity contribution in [2.75, 3.05) is 19.6 Å². The third kappa shape index (κ3) is 3.78. The largest absolute Gasteiger partial charge is 0.339 e. The van der Waals surface area contributed by atoms with Gasteiger partial charge in [-0.1, -0.05) is 26.0 Å². The molecule has 5 heteroatoms. The second kappa shape index (κ2) is 6.94. The van der Waals surface area contributed by atoms with E-state index in [2.05, 4.69) is 13.8 Å². The Labute approximate surface area is 137 Å². The Morgan fingerprint density at radius 1 is 1.22 bits per heavy atom. The molecule has 0 N–H and O–H groups in total. The highest BCUT2D eigenvalue weighted by Crippen LogP contribution is 2.17. The number of rotatable bonds is 4. The van der Waals surface area contributed by atoms with Crippen molar-refractivity contribution in [3.05, 3.63) is 35.4 Å². The van der Waals surface area contributed by atoms with Crippen molar-refractivity contribution < 1.29 is 14.4 Å². The molecule has 1 aromatic carbocycles. The molecule has 2 rings (SSSR count). The molecule has 124 valence electrons. The third-order valence-electron chi connectivity index (χ3n) is 4.11. The maximum absolute atomic E-state index is 12.7. The average Bonchev–Trinajstić information content (AvgIpc) is 2.51. The molecule has 1 saturated heterocycles. The summed E-state index contributed by atoms with van der Waals surface area (Å²) in [5.74, 6) is 0.116. The molecule has 0 aromatic heterocycles. The van der Waals surface area contributed by atoms with Gasteiger partial charge in [0.2, 0.25) is 5.91 Å². The van der Waals surface area contributed by atoms with Gasteiger partial charge in [0.05, 0.1) is 0 Å². The van der Waals surface area contributed by atoms with Crippen LogP contribution in [0.5, 0.6) is 0 Å². The number of Topliss-reactive ketones (excluding diaryl/α,β-unsaturated/α-hetero) is 1. The van der Waals surface area contributed by atoms with Crippen LogP contribution >= 0.6 is 0 Å². The molecule has 0 spiro atoms. The third-order valence-corrected chi connectivity index (χ3v) is 4.11. The number of piperazine rings is 1. The summed E-state index contributed by atoms with van der Waals surface area (Å²) in [6.45, 7) is 9.17. The van der Waals surface area contributed by atoms with Crippen molar-refractivity contribution in [2.45, 2.75) is 33.7 Å². The van der Waals surface area contributed by atoms with E-state index < -0.39 is 6.04 Å². The standard InChI is InChI=1S/C18H24N2O3/c1-12(2)11-19-8-9-20(13(3)17(19)22)18(23)16-7-5-6-15(10-16)14(4)21/h5-7,10,12-13H,8-9,11H2,1-4H3/t13-/m0/s1. The lowest BCUT2D eigenvalue weighted by Gasteiger charge is -2.39. The Hall–Kier alpha value is -2.17. The lowest BCUT2D eigenvalue weighted by molar-refractivity contribution is -0.140. The first-order valence-electron chi connectivity index (χ1n) is 8.02. The molecular formula is C18H24N2O3. The van der Waals surface area contributed by atoms with Gasteiger partial charge in [0, 0.05) is 30.8 Å². The van der Waals surface area contributed by atoms with Crippen LogP contribution in [-0.2, 0) is 4.79 Å². The monoisotopic (exact) mass is 316 g/mol. The molecule has 0 bridgehead atoms. The van der Waals surface area contributed by atoms with Gasteiger partial charge in [-0.2, -0.15) is 0 Å². The molecule has 0 unspecified atom stereocenters. The molecule has 0 radical (unpaired) electrons. The first kappa shape index (κ1) is 17.2. The normalized spacial score (nSPS) is 18.5. The maximum Gasteiger partial charge on any atom is 0.254 e. The van der Waals surface area contributed by atoms with Crippen molar-refractivity contribution in [1.29, 1.82) is 0 Å². The molecule has 23 heavy (non-hydrogen) atoms. The number of hydrogen-bond acceptors (Lipinski definition) is 3. The molecule has 2 amide bonds. The first-order chi connectivity index (χ1) is 10.8. The fourth-order valence-electron chi connectivity index (χ4n) is 2.87. The molecule has 1 aliphatic heterocycles.